The van der Waals surface area contributed by atoms with E-state index in [1.165, 1.54) is 23.5 Å². The molecule has 0 saturated heterocycles. The number of halogens is 1. The minimum atomic E-state index is -3.27. The van der Waals surface area contributed by atoms with Gasteiger partial charge >= 0.3 is 0 Å². The van der Waals surface area contributed by atoms with Gasteiger partial charge in [-0.05, 0) is 43.2 Å². The lowest BCUT2D eigenvalue weighted by atomic mass is 10.1. The van der Waals surface area contributed by atoms with Gasteiger partial charge in [0.2, 0.25) is 11.0 Å². The van der Waals surface area contributed by atoms with Crippen LogP contribution in [0.25, 0.3) is 15.3 Å². The van der Waals surface area contributed by atoms with Gasteiger partial charge in [0.1, 0.15) is 5.82 Å². The van der Waals surface area contributed by atoms with Crippen LogP contribution < -0.4 is 5.32 Å². The van der Waals surface area contributed by atoms with E-state index in [-0.39, 0.29) is 17.2 Å². The van der Waals surface area contributed by atoms with E-state index in [1.807, 2.05) is 26.0 Å². The lowest BCUT2D eigenvalue weighted by Gasteiger charge is -2.07. The van der Waals surface area contributed by atoms with Crippen molar-refractivity contribution in [3.8, 4) is 5.13 Å². The van der Waals surface area contributed by atoms with E-state index in [1.54, 1.807) is 22.9 Å². The van der Waals surface area contributed by atoms with Gasteiger partial charge in [0, 0.05) is 12.3 Å². The number of sulfone groups is 1. The van der Waals surface area contributed by atoms with Crippen molar-refractivity contribution >= 4 is 54.7 Å². The Bertz CT molecular complexity index is 1370. The lowest BCUT2D eigenvalue weighted by Crippen LogP contribution is -2.17. The van der Waals surface area contributed by atoms with E-state index in [2.05, 4.69) is 15.4 Å². The fourth-order valence-electron chi connectivity index (χ4n) is 3.14. The Balaban J connectivity index is 1.59. The molecule has 10 heteroatoms. The van der Waals surface area contributed by atoms with Crippen LogP contribution in [-0.4, -0.2) is 35.3 Å². The van der Waals surface area contributed by atoms with Gasteiger partial charge in [-0.1, -0.05) is 41.1 Å². The van der Waals surface area contributed by atoms with Crippen LogP contribution in [0.1, 0.15) is 16.8 Å². The Hall–Kier alpha value is -2.75. The fourth-order valence-corrected chi connectivity index (χ4v) is 5.06. The van der Waals surface area contributed by atoms with E-state index < -0.39 is 9.84 Å². The third-order valence-corrected chi connectivity index (χ3v) is 7.30. The van der Waals surface area contributed by atoms with Crippen molar-refractivity contribution in [3.63, 3.8) is 0 Å². The summed E-state index contributed by atoms with van der Waals surface area (Å²) in [5.74, 6) is 0.256. The molecule has 0 atom stereocenters. The van der Waals surface area contributed by atoms with Gasteiger partial charge < -0.3 is 5.32 Å². The Morgan fingerprint density at radius 2 is 1.87 bits per heavy atom. The maximum atomic E-state index is 12.6. The number of anilines is 1. The number of carbonyl (C=O) groups is 1. The van der Waals surface area contributed by atoms with Crippen LogP contribution in [-0.2, 0) is 21.1 Å². The Morgan fingerprint density at radius 1 is 1.16 bits per heavy atom. The van der Waals surface area contributed by atoms with Crippen LogP contribution in [0.15, 0.2) is 47.4 Å². The van der Waals surface area contributed by atoms with Crippen molar-refractivity contribution in [2.45, 2.75) is 25.2 Å². The van der Waals surface area contributed by atoms with Crippen LogP contribution in [0.4, 0.5) is 5.82 Å². The molecule has 4 rings (SSSR count). The molecule has 4 aromatic rings. The Morgan fingerprint density at radius 3 is 2.52 bits per heavy atom. The summed E-state index contributed by atoms with van der Waals surface area (Å²) in [6, 6.07) is 11.8. The third kappa shape index (κ3) is 4.48. The van der Waals surface area contributed by atoms with Gasteiger partial charge in [-0.15, -0.1) is 0 Å². The zero-order valence-electron chi connectivity index (χ0n) is 17.0. The van der Waals surface area contributed by atoms with Gasteiger partial charge in [-0.3, -0.25) is 4.79 Å². The maximum absolute atomic E-state index is 12.6. The van der Waals surface area contributed by atoms with Crippen molar-refractivity contribution in [1.29, 1.82) is 0 Å². The highest BCUT2D eigenvalue weighted by Crippen LogP contribution is 2.34. The minimum Gasteiger partial charge on any atom is -0.310 e. The number of rotatable bonds is 5. The quantitative estimate of drug-likeness (QED) is 0.464. The van der Waals surface area contributed by atoms with Crippen molar-refractivity contribution in [2.75, 3.05) is 11.6 Å². The molecule has 31 heavy (non-hydrogen) atoms. The summed E-state index contributed by atoms with van der Waals surface area (Å²) >= 11 is 7.72. The van der Waals surface area contributed by atoms with E-state index in [0.717, 1.165) is 27.7 Å². The van der Waals surface area contributed by atoms with Gasteiger partial charge in [-0.25, -0.2) is 13.4 Å². The van der Waals surface area contributed by atoms with Crippen molar-refractivity contribution in [1.82, 2.24) is 14.8 Å². The lowest BCUT2D eigenvalue weighted by molar-refractivity contribution is -0.115. The molecular weight excluding hydrogens is 456 g/mol. The van der Waals surface area contributed by atoms with Crippen molar-refractivity contribution < 1.29 is 13.2 Å². The van der Waals surface area contributed by atoms with E-state index in [9.17, 15) is 13.2 Å². The highest BCUT2D eigenvalue weighted by atomic mass is 35.5. The summed E-state index contributed by atoms with van der Waals surface area (Å²) in [7, 11) is -3.27. The van der Waals surface area contributed by atoms with Crippen LogP contribution in [0.3, 0.4) is 0 Å². The number of fused-ring (bicyclic) bond motifs is 1. The smallest absolute Gasteiger partial charge is 0.229 e. The summed E-state index contributed by atoms with van der Waals surface area (Å²) in [5, 5.41) is 8.57. The number of nitrogens with zero attached hydrogens (tertiary/aromatic N) is 3. The Labute approximate surface area is 188 Å². The second-order valence-electron chi connectivity index (χ2n) is 7.26. The molecule has 1 N–H and O–H groups in total. The van der Waals surface area contributed by atoms with Crippen LogP contribution >= 0.6 is 22.9 Å². The summed E-state index contributed by atoms with van der Waals surface area (Å²) in [4.78, 5) is 17.5. The highest BCUT2D eigenvalue weighted by molar-refractivity contribution is 7.90. The fraction of sp³-hybridized carbons (Fsp3) is 0.190. The van der Waals surface area contributed by atoms with Gasteiger partial charge in [0.05, 0.1) is 32.2 Å². The van der Waals surface area contributed by atoms with Gasteiger partial charge in [0.15, 0.2) is 9.84 Å². The number of hydrogen-bond donors (Lipinski definition) is 1. The molecule has 0 aliphatic heterocycles. The molecule has 0 unspecified atom stereocenters. The predicted octanol–water partition coefficient (Wildman–Crippen LogP) is 4.34. The number of carbonyl (C=O) groups excluding carboxylic acids is 1. The molecule has 0 bridgehead atoms. The second kappa shape index (κ2) is 8.07. The zero-order valence-corrected chi connectivity index (χ0v) is 19.4. The zero-order chi connectivity index (χ0) is 22.3. The largest absolute Gasteiger partial charge is 0.310 e. The third-order valence-electron chi connectivity index (χ3n) is 4.68. The normalized spacial score (nSPS) is 11.7. The first-order valence-corrected chi connectivity index (χ1v) is 12.4. The summed E-state index contributed by atoms with van der Waals surface area (Å²) in [6.45, 7) is 3.80. The molecule has 0 spiro atoms. The number of nitrogens with one attached hydrogen (secondary N) is 1. The monoisotopic (exact) mass is 474 g/mol. The summed E-state index contributed by atoms with van der Waals surface area (Å²) < 4.78 is 25.6. The molecule has 1 amide bonds. The first kappa shape index (κ1) is 21.5. The van der Waals surface area contributed by atoms with Crippen molar-refractivity contribution in [2.24, 2.45) is 0 Å². The predicted molar refractivity (Wildman–Crippen MR) is 123 cm³/mol. The molecule has 2 heterocycles. The standard InChI is InChI=1S/C21H19ClN4O3S2/c1-12-4-9-16(22)20-19(12)24-21(30-20)26-17(10-13(2)25-26)23-18(27)11-14-5-7-15(8-6-14)31(3,28)29/h4-10H,11H2,1-3H3,(H,23,27). The molecule has 0 saturated carbocycles. The van der Waals surface area contributed by atoms with E-state index in [4.69, 9.17) is 11.6 Å². The molecule has 0 aliphatic rings. The van der Waals surface area contributed by atoms with Crippen LogP contribution in [0.5, 0.6) is 0 Å². The maximum Gasteiger partial charge on any atom is 0.229 e. The minimum absolute atomic E-state index is 0.0963. The molecule has 0 fully saturated rings. The molecular formula is C21H19ClN4O3S2. The highest BCUT2D eigenvalue weighted by Gasteiger charge is 2.17. The molecule has 2 aromatic carbocycles. The molecule has 0 radical (unpaired) electrons. The molecule has 160 valence electrons. The van der Waals surface area contributed by atoms with Crippen molar-refractivity contribution in [3.05, 3.63) is 64.3 Å². The number of benzene rings is 2. The topological polar surface area (TPSA) is 94.0 Å². The van der Waals surface area contributed by atoms with Gasteiger partial charge in [0.25, 0.3) is 0 Å². The van der Waals surface area contributed by atoms with Gasteiger partial charge in [-0.2, -0.15) is 9.78 Å². The van der Waals surface area contributed by atoms with Crippen LogP contribution in [0.2, 0.25) is 5.02 Å². The average molecular weight is 475 g/mol. The molecule has 0 aliphatic carbocycles. The van der Waals surface area contributed by atoms with E-state index in [0.29, 0.717) is 21.5 Å². The number of aromatic nitrogens is 3. The Kier molecular flexibility index (Phi) is 5.59. The number of aryl methyl sites for hydroxylation is 2. The van der Waals surface area contributed by atoms with E-state index >= 15 is 0 Å². The SMILES string of the molecule is Cc1cc(NC(=O)Cc2ccc(S(C)(=O)=O)cc2)n(-c2nc3c(C)ccc(Cl)c3s2)n1. The summed E-state index contributed by atoms with van der Waals surface area (Å²) in [6.07, 6.45) is 1.24. The van der Waals surface area contributed by atoms with Crippen LogP contribution in [0, 0.1) is 13.8 Å². The summed E-state index contributed by atoms with van der Waals surface area (Å²) in [5.41, 5.74) is 3.25. The number of thiazole rings is 1. The average Bonchev–Trinajstić information content (AvgIpc) is 3.29. The first-order valence-electron chi connectivity index (χ1n) is 9.33. The molecule has 2 aromatic heterocycles. The first-order chi connectivity index (χ1) is 14.6. The number of hydrogen-bond acceptors (Lipinski definition) is 6. The second-order valence-corrected chi connectivity index (χ2v) is 10.7. The number of amides is 1. The molecule has 7 nitrogen and oxygen atoms in total.